The van der Waals surface area contributed by atoms with Gasteiger partial charge in [0, 0.05) is 11.4 Å². The zero-order valence-corrected chi connectivity index (χ0v) is 14.1. The van der Waals surface area contributed by atoms with Crippen LogP contribution in [0.2, 0.25) is 0 Å². The van der Waals surface area contributed by atoms with Crippen LogP contribution in [-0.2, 0) is 0 Å². The molecule has 4 nitrogen and oxygen atoms in total. The summed E-state index contributed by atoms with van der Waals surface area (Å²) in [7, 11) is 0. The smallest absolute Gasteiger partial charge is 0.266 e. The van der Waals surface area contributed by atoms with Crippen molar-refractivity contribution in [3.63, 3.8) is 0 Å². The number of H-pyrrole nitrogens is 1. The molecular formula is C20H23N3O. The number of benzene rings is 1. The first-order valence-corrected chi connectivity index (χ1v) is 8.37. The van der Waals surface area contributed by atoms with Gasteiger partial charge in [0.05, 0.1) is 0 Å². The van der Waals surface area contributed by atoms with Crippen molar-refractivity contribution in [3.05, 3.63) is 57.9 Å². The van der Waals surface area contributed by atoms with Gasteiger partial charge in [-0.05, 0) is 49.8 Å². The van der Waals surface area contributed by atoms with E-state index in [2.05, 4.69) is 4.98 Å². The summed E-state index contributed by atoms with van der Waals surface area (Å²) in [4.78, 5) is 14.3. The Morgan fingerprint density at radius 3 is 2.25 bits per heavy atom. The number of aromatic nitrogens is 1. The monoisotopic (exact) mass is 321 g/mol. The Labute approximate surface area is 142 Å². The Balaban J connectivity index is 0.000000219. The average molecular weight is 321 g/mol. The first kappa shape index (κ1) is 17.7. The van der Waals surface area contributed by atoms with Crippen LogP contribution in [0.4, 0.5) is 0 Å². The van der Waals surface area contributed by atoms with E-state index in [-0.39, 0.29) is 11.1 Å². The number of aromatic amines is 1. The molecule has 1 aliphatic carbocycles. The fourth-order valence-corrected chi connectivity index (χ4v) is 2.76. The summed E-state index contributed by atoms with van der Waals surface area (Å²) in [6.07, 6.45) is 7.36. The molecule has 0 saturated heterocycles. The van der Waals surface area contributed by atoms with Gasteiger partial charge in [-0.1, -0.05) is 43.2 Å². The van der Waals surface area contributed by atoms with E-state index in [9.17, 15) is 4.79 Å². The Morgan fingerprint density at radius 2 is 1.71 bits per heavy atom. The second-order valence-corrected chi connectivity index (χ2v) is 6.07. The van der Waals surface area contributed by atoms with Crippen LogP contribution in [0.3, 0.4) is 0 Å². The molecule has 0 aliphatic heterocycles. The van der Waals surface area contributed by atoms with E-state index >= 15 is 0 Å². The van der Waals surface area contributed by atoms with Crippen LogP contribution in [-0.4, -0.2) is 10.7 Å². The molecule has 1 heterocycles. The molecule has 0 amide bonds. The van der Waals surface area contributed by atoms with Gasteiger partial charge in [-0.3, -0.25) is 4.79 Å². The van der Waals surface area contributed by atoms with E-state index in [1.165, 1.54) is 25.7 Å². The first-order chi connectivity index (χ1) is 11.6. The molecule has 0 radical (unpaired) electrons. The highest BCUT2D eigenvalue weighted by Gasteiger charge is 2.06. The van der Waals surface area contributed by atoms with E-state index in [1.54, 1.807) is 6.92 Å². The molecule has 1 aliphatic rings. The summed E-state index contributed by atoms with van der Waals surface area (Å²) in [6.45, 7) is 1.76. The summed E-state index contributed by atoms with van der Waals surface area (Å²) in [5.41, 5.74) is 3.20. The van der Waals surface area contributed by atoms with Crippen molar-refractivity contribution < 1.29 is 0 Å². The molecule has 0 atom stereocenters. The molecule has 1 saturated carbocycles. The topological polar surface area (TPSA) is 80.5 Å². The summed E-state index contributed by atoms with van der Waals surface area (Å²) >= 11 is 0. The maximum Gasteiger partial charge on any atom is 0.266 e. The maximum atomic E-state index is 11.6. The van der Waals surface area contributed by atoms with E-state index in [1.807, 2.05) is 42.5 Å². The number of nitrogens with zero attached hydrogens (tertiary/aromatic N) is 1. The van der Waals surface area contributed by atoms with E-state index in [0.29, 0.717) is 5.56 Å². The number of aryl methyl sites for hydroxylation is 1. The lowest BCUT2D eigenvalue weighted by Gasteiger charge is -2.03. The van der Waals surface area contributed by atoms with Gasteiger partial charge in [-0.2, -0.15) is 5.26 Å². The predicted octanol–water partition coefficient (Wildman–Crippen LogP) is 4.58. The molecule has 4 heteroatoms. The molecule has 0 unspecified atom stereocenters. The van der Waals surface area contributed by atoms with Crippen LogP contribution in [0, 0.1) is 23.7 Å². The van der Waals surface area contributed by atoms with Crippen LogP contribution in [0.25, 0.3) is 11.3 Å². The van der Waals surface area contributed by atoms with Gasteiger partial charge in [0.25, 0.3) is 5.56 Å². The lowest BCUT2D eigenvalue weighted by Crippen LogP contribution is -2.12. The van der Waals surface area contributed by atoms with Crippen LogP contribution >= 0.6 is 0 Å². The third-order valence-electron chi connectivity index (χ3n) is 4.13. The minimum absolute atomic E-state index is 0.180. The van der Waals surface area contributed by atoms with E-state index in [4.69, 9.17) is 10.7 Å². The molecule has 24 heavy (non-hydrogen) atoms. The minimum Gasteiger partial charge on any atom is -0.321 e. The SMILES string of the molecule is Cc1cc(-c2ccccc2)[nH]c(=O)c1C#N.N=C1CCCCCC1. The van der Waals surface area contributed by atoms with Gasteiger partial charge >= 0.3 is 0 Å². The molecule has 124 valence electrons. The average Bonchev–Trinajstić information content (AvgIpc) is 2.83. The third kappa shape index (κ3) is 4.92. The quantitative estimate of drug-likeness (QED) is 0.754. The third-order valence-corrected chi connectivity index (χ3v) is 4.13. The molecule has 0 spiro atoms. The molecule has 1 aromatic carbocycles. The number of rotatable bonds is 1. The van der Waals surface area contributed by atoms with Crippen molar-refractivity contribution in [1.29, 1.82) is 10.7 Å². The number of nitrogens with one attached hydrogen (secondary N) is 2. The molecule has 0 bridgehead atoms. The van der Waals surface area contributed by atoms with Gasteiger partial charge in [-0.15, -0.1) is 0 Å². The van der Waals surface area contributed by atoms with Crippen molar-refractivity contribution in [3.8, 4) is 17.3 Å². The summed E-state index contributed by atoms with van der Waals surface area (Å²) in [5.74, 6) is 0. The zero-order valence-electron chi connectivity index (χ0n) is 14.1. The highest BCUT2D eigenvalue weighted by atomic mass is 16.1. The Morgan fingerprint density at radius 1 is 1.08 bits per heavy atom. The first-order valence-electron chi connectivity index (χ1n) is 8.37. The van der Waals surface area contributed by atoms with Crippen LogP contribution < -0.4 is 5.56 Å². The summed E-state index contributed by atoms with van der Waals surface area (Å²) in [6, 6.07) is 13.3. The highest BCUT2D eigenvalue weighted by Crippen LogP contribution is 2.16. The van der Waals surface area contributed by atoms with Gasteiger partial charge in [0.15, 0.2) is 0 Å². The Kier molecular flexibility index (Phi) is 6.51. The van der Waals surface area contributed by atoms with Crippen LogP contribution in [0.1, 0.15) is 49.7 Å². The zero-order chi connectivity index (χ0) is 17.4. The molecule has 1 aromatic heterocycles. The fourth-order valence-electron chi connectivity index (χ4n) is 2.76. The Bertz CT molecular complexity index is 775. The van der Waals surface area contributed by atoms with Gasteiger partial charge in [-0.25, -0.2) is 0 Å². The number of nitriles is 1. The number of hydrogen-bond acceptors (Lipinski definition) is 3. The van der Waals surface area contributed by atoms with Crippen molar-refractivity contribution in [2.24, 2.45) is 0 Å². The van der Waals surface area contributed by atoms with Crippen LogP contribution in [0.5, 0.6) is 0 Å². The molecule has 3 rings (SSSR count). The lowest BCUT2D eigenvalue weighted by atomic mass is 10.1. The largest absolute Gasteiger partial charge is 0.321 e. The van der Waals surface area contributed by atoms with Gasteiger partial charge < -0.3 is 10.4 Å². The summed E-state index contributed by atoms with van der Waals surface area (Å²) < 4.78 is 0. The van der Waals surface area contributed by atoms with Crippen LogP contribution in [0.15, 0.2) is 41.2 Å². The van der Waals surface area contributed by atoms with Crippen molar-refractivity contribution >= 4 is 5.71 Å². The fraction of sp³-hybridized carbons (Fsp3) is 0.350. The van der Waals surface area contributed by atoms with E-state index < -0.39 is 0 Å². The normalized spacial score (nSPS) is 14.1. The van der Waals surface area contributed by atoms with Crippen molar-refractivity contribution in [2.75, 3.05) is 0 Å². The molecule has 2 aromatic rings. The van der Waals surface area contributed by atoms with Gasteiger partial charge in [0.2, 0.25) is 0 Å². The van der Waals surface area contributed by atoms with Crippen molar-refractivity contribution in [1.82, 2.24) is 4.98 Å². The standard InChI is InChI=1S/C13H10N2O.C7H13N/c1-9-7-12(10-5-3-2-4-6-10)15-13(16)11(9)8-14;8-7-5-3-1-2-4-6-7/h2-7H,1H3,(H,15,16);8H,1-6H2. The highest BCUT2D eigenvalue weighted by molar-refractivity contribution is 5.81. The number of pyridine rings is 1. The summed E-state index contributed by atoms with van der Waals surface area (Å²) in [5, 5.41) is 16.1. The molecule has 1 fully saturated rings. The maximum absolute atomic E-state index is 11.6. The minimum atomic E-state index is -0.332. The van der Waals surface area contributed by atoms with Crippen molar-refractivity contribution in [2.45, 2.75) is 45.4 Å². The predicted molar refractivity (Wildman–Crippen MR) is 97.4 cm³/mol. The van der Waals surface area contributed by atoms with E-state index in [0.717, 1.165) is 29.8 Å². The molecular weight excluding hydrogens is 298 g/mol. The lowest BCUT2D eigenvalue weighted by molar-refractivity contribution is 0.702. The second kappa shape index (κ2) is 8.83. The van der Waals surface area contributed by atoms with Gasteiger partial charge in [0.1, 0.15) is 11.6 Å². The molecule has 2 N–H and O–H groups in total. The second-order valence-electron chi connectivity index (χ2n) is 6.07. The number of hydrogen-bond donors (Lipinski definition) is 2. The Hall–Kier alpha value is -2.67.